The number of nitrogens with zero attached hydrogens (tertiary/aromatic N) is 2. The molecule has 0 atom stereocenters. The van der Waals surface area contributed by atoms with Crippen LogP contribution >= 0.6 is 22.9 Å². The number of anilines is 1. The summed E-state index contributed by atoms with van der Waals surface area (Å²) in [6.07, 6.45) is 4.47. The second-order valence-electron chi connectivity index (χ2n) is 6.79. The highest BCUT2D eigenvalue weighted by molar-refractivity contribution is 7.13. The van der Waals surface area contributed by atoms with Crippen molar-refractivity contribution in [3.63, 3.8) is 0 Å². The van der Waals surface area contributed by atoms with E-state index in [0.717, 1.165) is 27.5 Å². The summed E-state index contributed by atoms with van der Waals surface area (Å²) in [5.74, 6) is 0.572. The van der Waals surface area contributed by atoms with Crippen molar-refractivity contribution in [3.8, 4) is 27.6 Å². The maximum Gasteiger partial charge on any atom is 0.224 e. The molecule has 2 heterocycles. The molecule has 0 unspecified atom stereocenters. The zero-order valence-corrected chi connectivity index (χ0v) is 18.2. The minimum absolute atomic E-state index is 0.0596. The molecule has 1 N–H and O–H groups in total. The fraction of sp³-hybridized carbons (Fsp3) is 0.125. The number of halogens is 1. The molecule has 2 aromatic carbocycles. The van der Waals surface area contributed by atoms with E-state index in [-0.39, 0.29) is 5.91 Å². The van der Waals surface area contributed by atoms with Crippen LogP contribution in [0, 0.1) is 0 Å². The van der Waals surface area contributed by atoms with Crippen LogP contribution in [-0.2, 0) is 4.79 Å². The van der Waals surface area contributed by atoms with Crippen molar-refractivity contribution in [1.29, 1.82) is 0 Å². The Kier molecular flexibility index (Phi) is 6.92. The topological polar surface area (TPSA) is 64.1 Å². The molecule has 156 valence electrons. The van der Waals surface area contributed by atoms with Gasteiger partial charge in [0.1, 0.15) is 10.8 Å². The quantitative estimate of drug-likeness (QED) is 0.319. The Morgan fingerprint density at radius 3 is 2.71 bits per heavy atom. The molecule has 0 radical (unpaired) electrons. The lowest BCUT2D eigenvalue weighted by Crippen LogP contribution is -2.12. The minimum Gasteiger partial charge on any atom is -0.492 e. The maximum atomic E-state index is 12.3. The second kappa shape index (κ2) is 10.2. The number of nitrogens with one attached hydrogen (secondary N) is 1. The first kappa shape index (κ1) is 21.0. The number of carbonyl (C=O) groups is 1. The predicted octanol–water partition coefficient (Wildman–Crippen LogP) is 6.32. The zero-order chi connectivity index (χ0) is 21.5. The number of carbonyl (C=O) groups excluding carboxylic acids is 1. The molecule has 0 aliphatic rings. The number of thiazole rings is 1. The van der Waals surface area contributed by atoms with Crippen LogP contribution in [0.2, 0.25) is 5.02 Å². The smallest absolute Gasteiger partial charge is 0.224 e. The van der Waals surface area contributed by atoms with Crippen LogP contribution in [-0.4, -0.2) is 22.5 Å². The van der Waals surface area contributed by atoms with Gasteiger partial charge in [0.15, 0.2) is 0 Å². The van der Waals surface area contributed by atoms with E-state index in [1.54, 1.807) is 29.8 Å². The molecule has 7 heteroatoms. The number of ether oxygens (including phenoxy) is 1. The number of para-hydroxylation sites is 1. The monoisotopic (exact) mass is 449 g/mol. The van der Waals surface area contributed by atoms with Crippen molar-refractivity contribution in [2.75, 3.05) is 11.9 Å². The molecule has 2 aromatic heterocycles. The molecule has 4 aromatic rings. The maximum absolute atomic E-state index is 12.3. The first-order chi connectivity index (χ1) is 15.2. The first-order valence-corrected chi connectivity index (χ1v) is 11.1. The summed E-state index contributed by atoms with van der Waals surface area (Å²) < 4.78 is 5.63. The highest BCUT2D eigenvalue weighted by atomic mass is 35.5. The molecule has 0 aliphatic heterocycles. The fourth-order valence-corrected chi connectivity index (χ4v) is 4.02. The third-order valence-electron chi connectivity index (χ3n) is 4.52. The summed E-state index contributed by atoms with van der Waals surface area (Å²) in [4.78, 5) is 21.1. The van der Waals surface area contributed by atoms with Gasteiger partial charge < -0.3 is 10.1 Å². The number of hydrogen-bond acceptors (Lipinski definition) is 5. The van der Waals surface area contributed by atoms with Gasteiger partial charge in [0.05, 0.1) is 17.3 Å². The first-order valence-electron chi connectivity index (χ1n) is 9.82. The average molecular weight is 450 g/mol. The standard InChI is InChI=1S/C24H20ClN3O2S/c25-20-7-1-2-8-22(20)30-14-4-9-23(29)27-19-6-3-5-18(15-19)21-16-31-24(28-21)17-10-12-26-13-11-17/h1-3,5-8,10-13,15-16H,4,9,14H2,(H,27,29). The Hall–Kier alpha value is -3.22. The molecular formula is C24H20ClN3O2S. The third-order valence-corrected chi connectivity index (χ3v) is 5.72. The lowest BCUT2D eigenvalue weighted by Gasteiger charge is -2.09. The van der Waals surface area contributed by atoms with Crippen LogP contribution in [0.15, 0.2) is 78.4 Å². The molecule has 4 rings (SSSR count). The van der Waals surface area contributed by atoms with Crippen LogP contribution in [0.1, 0.15) is 12.8 Å². The molecule has 1 amide bonds. The van der Waals surface area contributed by atoms with Crippen LogP contribution in [0.5, 0.6) is 5.75 Å². The number of benzene rings is 2. The number of aromatic nitrogens is 2. The molecular weight excluding hydrogens is 430 g/mol. The fourth-order valence-electron chi connectivity index (χ4n) is 2.99. The van der Waals surface area contributed by atoms with Gasteiger partial charge in [0.2, 0.25) is 5.91 Å². The van der Waals surface area contributed by atoms with E-state index in [1.165, 1.54) is 0 Å². The van der Waals surface area contributed by atoms with Crippen LogP contribution in [0.4, 0.5) is 5.69 Å². The molecule has 31 heavy (non-hydrogen) atoms. The van der Waals surface area contributed by atoms with E-state index in [0.29, 0.717) is 30.2 Å². The Bertz CT molecular complexity index is 1160. The average Bonchev–Trinajstić information content (AvgIpc) is 3.29. The van der Waals surface area contributed by atoms with Gasteiger partial charge in [-0.3, -0.25) is 9.78 Å². The summed E-state index contributed by atoms with van der Waals surface area (Å²) >= 11 is 7.64. The molecule has 0 saturated heterocycles. The van der Waals surface area contributed by atoms with Crippen molar-refractivity contribution in [2.45, 2.75) is 12.8 Å². The highest BCUT2D eigenvalue weighted by Crippen LogP contribution is 2.29. The van der Waals surface area contributed by atoms with Crippen LogP contribution in [0.25, 0.3) is 21.8 Å². The van der Waals surface area contributed by atoms with E-state index in [4.69, 9.17) is 21.3 Å². The van der Waals surface area contributed by atoms with Gasteiger partial charge in [-0.15, -0.1) is 11.3 Å². The minimum atomic E-state index is -0.0596. The Morgan fingerprint density at radius 1 is 1.03 bits per heavy atom. The van der Waals surface area contributed by atoms with Gasteiger partial charge in [-0.25, -0.2) is 4.98 Å². The number of amides is 1. The molecule has 0 fully saturated rings. The molecule has 0 bridgehead atoms. The summed E-state index contributed by atoms with van der Waals surface area (Å²) in [6.45, 7) is 0.424. The Balaban J connectivity index is 1.32. The third kappa shape index (κ3) is 5.69. The van der Waals surface area contributed by atoms with Crippen molar-refractivity contribution in [1.82, 2.24) is 9.97 Å². The summed E-state index contributed by atoms with van der Waals surface area (Å²) in [5, 5.41) is 6.47. The van der Waals surface area contributed by atoms with E-state index in [9.17, 15) is 4.79 Å². The lowest BCUT2D eigenvalue weighted by atomic mass is 10.1. The van der Waals surface area contributed by atoms with Gasteiger partial charge in [-0.05, 0) is 42.8 Å². The van der Waals surface area contributed by atoms with E-state index in [1.807, 2.05) is 60.0 Å². The van der Waals surface area contributed by atoms with E-state index in [2.05, 4.69) is 10.3 Å². The van der Waals surface area contributed by atoms with Gasteiger partial charge in [0.25, 0.3) is 0 Å². The van der Waals surface area contributed by atoms with Gasteiger partial charge in [-0.2, -0.15) is 0 Å². The Labute approximate surface area is 189 Å². The van der Waals surface area contributed by atoms with Crippen LogP contribution in [0.3, 0.4) is 0 Å². The van der Waals surface area contributed by atoms with Gasteiger partial charge in [0, 0.05) is 41.0 Å². The van der Waals surface area contributed by atoms with Gasteiger partial charge in [-0.1, -0.05) is 35.9 Å². The van der Waals surface area contributed by atoms with E-state index >= 15 is 0 Å². The SMILES string of the molecule is O=C(CCCOc1ccccc1Cl)Nc1cccc(-c2csc(-c3ccncc3)n2)c1. The molecule has 0 spiro atoms. The molecule has 5 nitrogen and oxygen atoms in total. The second-order valence-corrected chi connectivity index (χ2v) is 8.05. The van der Waals surface area contributed by atoms with Crippen molar-refractivity contribution in [3.05, 3.63) is 83.5 Å². The van der Waals surface area contributed by atoms with Crippen molar-refractivity contribution >= 4 is 34.5 Å². The predicted molar refractivity (Wildman–Crippen MR) is 126 cm³/mol. The van der Waals surface area contributed by atoms with Crippen molar-refractivity contribution < 1.29 is 9.53 Å². The Morgan fingerprint density at radius 2 is 1.87 bits per heavy atom. The normalized spacial score (nSPS) is 10.6. The van der Waals surface area contributed by atoms with Gasteiger partial charge >= 0.3 is 0 Å². The summed E-state index contributed by atoms with van der Waals surface area (Å²) in [6, 6.07) is 18.9. The largest absolute Gasteiger partial charge is 0.492 e. The summed E-state index contributed by atoms with van der Waals surface area (Å²) in [5.41, 5.74) is 3.61. The summed E-state index contributed by atoms with van der Waals surface area (Å²) in [7, 11) is 0. The zero-order valence-electron chi connectivity index (χ0n) is 16.6. The lowest BCUT2D eigenvalue weighted by molar-refractivity contribution is -0.116. The van der Waals surface area contributed by atoms with Crippen molar-refractivity contribution in [2.24, 2.45) is 0 Å². The number of hydrogen-bond donors (Lipinski definition) is 1. The highest BCUT2D eigenvalue weighted by Gasteiger charge is 2.09. The number of pyridine rings is 1. The molecule has 0 aliphatic carbocycles. The number of rotatable bonds is 8. The van der Waals surface area contributed by atoms with E-state index < -0.39 is 0 Å². The molecule has 0 saturated carbocycles. The van der Waals surface area contributed by atoms with Crippen LogP contribution < -0.4 is 10.1 Å².